The summed E-state index contributed by atoms with van der Waals surface area (Å²) in [5, 5.41) is 12.8. The number of rotatable bonds is 2. The molecule has 4 nitrogen and oxygen atoms in total. The molecule has 1 aromatic carbocycles. The Morgan fingerprint density at radius 3 is 2.44 bits per heavy atom. The van der Waals surface area contributed by atoms with Crippen LogP contribution in [0.15, 0.2) is 24.3 Å². The van der Waals surface area contributed by atoms with Crippen LogP contribution < -0.4 is 10.6 Å². The van der Waals surface area contributed by atoms with Gasteiger partial charge in [0.05, 0.1) is 6.42 Å². The molecule has 1 amide bonds. The van der Waals surface area contributed by atoms with Gasteiger partial charge in [0.2, 0.25) is 5.91 Å². The van der Waals surface area contributed by atoms with Crippen molar-refractivity contribution in [2.24, 2.45) is 0 Å². The smallest absolute Gasteiger partial charge is 0.231 e. The van der Waals surface area contributed by atoms with Crippen molar-refractivity contribution in [1.29, 1.82) is 5.41 Å². The molecule has 0 heterocycles. The molecule has 6 heteroatoms. The van der Waals surface area contributed by atoms with Gasteiger partial charge in [0.1, 0.15) is 0 Å². The van der Waals surface area contributed by atoms with Gasteiger partial charge in [0.25, 0.3) is 0 Å². The van der Waals surface area contributed by atoms with Crippen LogP contribution in [0, 0.1) is 5.41 Å². The Morgan fingerprint density at radius 1 is 1.38 bits per heavy atom. The van der Waals surface area contributed by atoms with Crippen molar-refractivity contribution >= 4 is 35.9 Å². The van der Waals surface area contributed by atoms with Crippen LogP contribution in [-0.4, -0.2) is 18.9 Å². The second-order valence-corrected chi connectivity index (χ2v) is 3.41. The summed E-state index contributed by atoms with van der Waals surface area (Å²) in [4.78, 5) is 11.3. The van der Waals surface area contributed by atoms with Crippen LogP contribution in [0.3, 0.4) is 0 Å². The van der Waals surface area contributed by atoms with Crippen molar-refractivity contribution in [2.45, 2.75) is 6.42 Å². The van der Waals surface area contributed by atoms with Crippen LogP contribution in [0.2, 0.25) is 5.02 Å². The zero-order valence-electron chi connectivity index (χ0n) is 8.71. The van der Waals surface area contributed by atoms with Gasteiger partial charge in [-0.25, -0.2) is 0 Å². The Morgan fingerprint density at radius 2 is 1.94 bits per heavy atom. The molecule has 0 aliphatic rings. The van der Waals surface area contributed by atoms with Gasteiger partial charge in [-0.05, 0) is 17.7 Å². The highest BCUT2D eigenvalue weighted by atomic mass is 35.5. The van der Waals surface area contributed by atoms with Crippen LogP contribution in [0.4, 0.5) is 0 Å². The van der Waals surface area contributed by atoms with E-state index in [2.05, 4.69) is 10.6 Å². The molecular formula is C10H13Cl2N3O. The molecule has 0 aliphatic heterocycles. The third kappa shape index (κ3) is 5.00. The molecule has 0 aliphatic carbocycles. The Balaban J connectivity index is 0.00000225. The predicted molar refractivity (Wildman–Crippen MR) is 67.3 cm³/mol. The zero-order chi connectivity index (χ0) is 11.3. The second-order valence-electron chi connectivity index (χ2n) is 2.98. The van der Waals surface area contributed by atoms with Crippen LogP contribution >= 0.6 is 24.0 Å². The van der Waals surface area contributed by atoms with E-state index in [4.69, 9.17) is 17.0 Å². The molecule has 0 radical (unpaired) electrons. The maximum atomic E-state index is 11.3. The number of carbonyl (C=O) groups is 1. The lowest BCUT2D eigenvalue weighted by Gasteiger charge is -2.05. The van der Waals surface area contributed by atoms with Crippen molar-refractivity contribution in [1.82, 2.24) is 10.6 Å². The fraction of sp³-hybridized carbons (Fsp3) is 0.200. The van der Waals surface area contributed by atoms with Gasteiger partial charge in [-0.3, -0.25) is 15.5 Å². The predicted octanol–water partition coefficient (Wildman–Crippen LogP) is 1.57. The van der Waals surface area contributed by atoms with Crippen LogP contribution in [0.25, 0.3) is 0 Å². The summed E-state index contributed by atoms with van der Waals surface area (Å²) in [6.07, 6.45) is 0.237. The molecule has 88 valence electrons. The van der Waals surface area contributed by atoms with E-state index in [0.717, 1.165) is 5.56 Å². The first-order valence-corrected chi connectivity index (χ1v) is 4.80. The lowest BCUT2D eigenvalue weighted by Crippen LogP contribution is -2.38. The molecule has 0 unspecified atom stereocenters. The Hall–Kier alpha value is -1.26. The van der Waals surface area contributed by atoms with E-state index in [-0.39, 0.29) is 30.7 Å². The number of hydrogen-bond donors (Lipinski definition) is 3. The summed E-state index contributed by atoms with van der Waals surface area (Å²) in [6, 6.07) is 7.02. The second kappa shape index (κ2) is 7.09. The average Bonchev–Trinajstić information content (AvgIpc) is 2.21. The monoisotopic (exact) mass is 261 g/mol. The standard InChI is InChI=1S/C10H12ClN3O.ClH/c1-13-10(12)14-9(15)6-7-2-4-8(11)5-3-7;/h2-5H,6H2,1H3,(H3,12,13,14,15);1H. The normalized spacial score (nSPS) is 8.88. The van der Waals surface area contributed by atoms with Crippen molar-refractivity contribution in [3.63, 3.8) is 0 Å². The number of halogens is 2. The van der Waals surface area contributed by atoms with Crippen LogP contribution in [-0.2, 0) is 11.2 Å². The van der Waals surface area contributed by atoms with Crippen molar-refractivity contribution < 1.29 is 4.79 Å². The summed E-state index contributed by atoms with van der Waals surface area (Å²) >= 11 is 5.71. The minimum atomic E-state index is -0.225. The summed E-state index contributed by atoms with van der Waals surface area (Å²) in [6.45, 7) is 0. The number of benzene rings is 1. The summed E-state index contributed by atoms with van der Waals surface area (Å²) in [5.74, 6) is -0.231. The third-order valence-corrected chi connectivity index (χ3v) is 2.04. The van der Waals surface area contributed by atoms with Gasteiger partial charge < -0.3 is 5.32 Å². The molecule has 0 bridgehead atoms. The molecule has 0 aromatic heterocycles. The number of guanidine groups is 1. The fourth-order valence-electron chi connectivity index (χ4n) is 1.03. The number of hydrogen-bond acceptors (Lipinski definition) is 2. The minimum absolute atomic E-state index is 0. The Kier molecular flexibility index (Phi) is 6.53. The molecule has 0 spiro atoms. The average molecular weight is 262 g/mol. The quantitative estimate of drug-likeness (QED) is 0.559. The molecule has 0 fully saturated rings. The Labute approximate surface area is 105 Å². The third-order valence-electron chi connectivity index (χ3n) is 1.79. The minimum Gasteiger partial charge on any atom is -0.359 e. The largest absolute Gasteiger partial charge is 0.359 e. The van der Waals surface area contributed by atoms with Gasteiger partial charge in [0, 0.05) is 12.1 Å². The maximum absolute atomic E-state index is 11.3. The van der Waals surface area contributed by atoms with E-state index in [0.29, 0.717) is 5.02 Å². The van der Waals surface area contributed by atoms with Gasteiger partial charge in [-0.2, -0.15) is 0 Å². The van der Waals surface area contributed by atoms with Crippen molar-refractivity contribution in [3.05, 3.63) is 34.9 Å². The van der Waals surface area contributed by atoms with E-state index < -0.39 is 0 Å². The van der Waals surface area contributed by atoms with Gasteiger partial charge in [0.15, 0.2) is 5.96 Å². The molecule has 3 N–H and O–H groups in total. The number of carbonyl (C=O) groups excluding carboxylic acids is 1. The molecule has 1 aromatic rings. The van der Waals surface area contributed by atoms with E-state index in [1.165, 1.54) is 0 Å². The van der Waals surface area contributed by atoms with Crippen molar-refractivity contribution in [3.8, 4) is 0 Å². The van der Waals surface area contributed by atoms with Gasteiger partial charge in [-0.15, -0.1) is 12.4 Å². The number of amides is 1. The number of nitrogens with one attached hydrogen (secondary N) is 3. The zero-order valence-corrected chi connectivity index (χ0v) is 10.3. The van der Waals surface area contributed by atoms with E-state index >= 15 is 0 Å². The molecule has 1 rings (SSSR count). The highest BCUT2D eigenvalue weighted by Crippen LogP contribution is 2.09. The highest BCUT2D eigenvalue weighted by molar-refractivity contribution is 6.30. The highest BCUT2D eigenvalue weighted by Gasteiger charge is 2.04. The maximum Gasteiger partial charge on any atom is 0.231 e. The van der Waals surface area contributed by atoms with Crippen molar-refractivity contribution in [2.75, 3.05) is 7.05 Å². The molecular weight excluding hydrogens is 249 g/mol. The van der Waals surface area contributed by atoms with E-state index in [9.17, 15) is 4.79 Å². The van der Waals surface area contributed by atoms with E-state index in [1.54, 1.807) is 31.3 Å². The molecule has 0 atom stereocenters. The lowest BCUT2D eigenvalue weighted by molar-refractivity contribution is -0.119. The lowest BCUT2D eigenvalue weighted by atomic mass is 10.1. The van der Waals surface area contributed by atoms with Gasteiger partial charge >= 0.3 is 0 Å². The summed E-state index contributed by atoms with van der Waals surface area (Å²) < 4.78 is 0. The topological polar surface area (TPSA) is 65.0 Å². The van der Waals surface area contributed by atoms with Crippen LogP contribution in [0.1, 0.15) is 5.56 Å². The molecule has 16 heavy (non-hydrogen) atoms. The first kappa shape index (κ1) is 14.7. The van der Waals surface area contributed by atoms with Crippen LogP contribution in [0.5, 0.6) is 0 Å². The first-order valence-electron chi connectivity index (χ1n) is 4.42. The van der Waals surface area contributed by atoms with Gasteiger partial charge in [-0.1, -0.05) is 23.7 Å². The fourth-order valence-corrected chi connectivity index (χ4v) is 1.16. The van der Waals surface area contributed by atoms with E-state index in [1.807, 2.05) is 0 Å². The summed E-state index contributed by atoms with van der Waals surface area (Å²) in [5.41, 5.74) is 0.862. The molecule has 0 saturated heterocycles. The first-order chi connectivity index (χ1) is 7.11. The molecule has 0 saturated carbocycles. The summed E-state index contributed by atoms with van der Waals surface area (Å²) in [7, 11) is 1.57. The Bertz CT molecular complexity index is 365. The SMILES string of the molecule is CNC(=N)NC(=O)Cc1ccc(Cl)cc1.Cl.